The van der Waals surface area contributed by atoms with Gasteiger partial charge >= 0.3 is 6.18 Å². The predicted molar refractivity (Wildman–Crippen MR) is 160 cm³/mol. The molecule has 220 valence electrons. The number of para-hydroxylation sites is 1. The van der Waals surface area contributed by atoms with Crippen LogP contribution in [0.5, 0.6) is 5.75 Å². The summed E-state index contributed by atoms with van der Waals surface area (Å²) < 4.78 is 75.7. The zero-order valence-corrected chi connectivity index (χ0v) is 24.7. The van der Waals surface area contributed by atoms with Crippen molar-refractivity contribution in [3.05, 3.63) is 101 Å². The number of sulfonamides is 1. The maximum absolute atomic E-state index is 14.0. The molecule has 1 fully saturated rings. The maximum Gasteiger partial charge on any atom is 0.418 e. The van der Waals surface area contributed by atoms with Gasteiger partial charge in [-0.15, -0.1) is 0 Å². The Bertz CT molecular complexity index is 1760. The van der Waals surface area contributed by atoms with Gasteiger partial charge in [0, 0.05) is 23.3 Å². The van der Waals surface area contributed by atoms with Gasteiger partial charge in [0.1, 0.15) is 5.75 Å². The number of methoxy groups -OCH3 is 1. The molecule has 0 amide bonds. The molecular formula is C29H28F3N5O3S2. The zero-order chi connectivity index (χ0) is 30.4. The Labute approximate surface area is 247 Å². The van der Waals surface area contributed by atoms with Crippen LogP contribution in [0.2, 0.25) is 0 Å². The second-order valence-electron chi connectivity index (χ2n) is 9.93. The van der Waals surface area contributed by atoms with Crippen molar-refractivity contribution in [1.29, 1.82) is 0 Å². The molecular weight excluding hydrogens is 587 g/mol. The van der Waals surface area contributed by atoms with Crippen LogP contribution < -0.4 is 19.7 Å². The molecule has 5 rings (SSSR count). The van der Waals surface area contributed by atoms with E-state index in [0.29, 0.717) is 33.6 Å². The van der Waals surface area contributed by atoms with E-state index >= 15 is 0 Å². The summed E-state index contributed by atoms with van der Waals surface area (Å²) in [7, 11) is -2.21. The van der Waals surface area contributed by atoms with Gasteiger partial charge in [-0.3, -0.25) is 9.71 Å². The van der Waals surface area contributed by atoms with Crippen molar-refractivity contribution in [2.45, 2.75) is 32.1 Å². The minimum Gasteiger partial charge on any atom is -0.495 e. The largest absolute Gasteiger partial charge is 0.495 e. The Kier molecular flexibility index (Phi) is 7.66. The first kappa shape index (κ1) is 29.4. The van der Waals surface area contributed by atoms with Crippen LogP contribution in [0.15, 0.2) is 72.9 Å². The lowest BCUT2D eigenvalue weighted by atomic mass is 9.96. The van der Waals surface area contributed by atoms with Gasteiger partial charge in [-0.25, -0.2) is 8.42 Å². The summed E-state index contributed by atoms with van der Waals surface area (Å²) in [5, 5.41) is 3.67. The predicted octanol–water partition coefficient (Wildman–Crippen LogP) is 6.07. The van der Waals surface area contributed by atoms with Gasteiger partial charge in [0.25, 0.3) is 0 Å². The van der Waals surface area contributed by atoms with Crippen molar-refractivity contribution < 1.29 is 26.3 Å². The third-order valence-electron chi connectivity index (χ3n) is 7.09. The number of pyridine rings is 1. The number of rotatable bonds is 7. The van der Waals surface area contributed by atoms with Gasteiger partial charge in [-0.05, 0) is 80.2 Å². The number of nitrogens with one attached hydrogen (secondary N) is 2. The van der Waals surface area contributed by atoms with Crippen LogP contribution in [-0.4, -0.2) is 36.4 Å². The standard InChI is InChI=1S/C29H28F3N5O3S2/c1-17-15-20(18(2)36(17)24-11-6-5-9-21(24)29(30,31)32)27-26(22-10-7-8-14-33-22)34-28(41)37(27)19-12-13-25(40-3)23(16-19)35-42(4,38)39/h5-16,26-27,35H,1-4H3,(H,34,41)/t26-,27-/m0/s1. The highest BCUT2D eigenvalue weighted by Gasteiger charge is 2.43. The quantitative estimate of drug-likeness (QED) is 0.244. The third kappa shape index (κ3) is 5.53. The third-order valence-corrected chi connectivity index (χ3v) is 8.00. The first-order valence-corrected chi connectivity index (χ1v) is 15.1. The maximum atomic E-state index is 14.0. The molecule has 0 aliphatic carbocycles. The number of aryl methyl sites for hydroxylation is 1. The van der Waals surface area contributed by atoms with E-state index in [2.05, 4.69) is 15.0 Å². The summed E-state index contributed by atoms with van der Waals surface area (Å²) in [6.45, 7) is 3.53. The van der Waals surface area contributed by atoms with Crippen LogP contribution in [0.4, 0.5) is 24.5 Å². The molecule has 8 nitrogen and oxygen atoms in total. The molecule has 2 aromatic carbocycles. The molecule has 1 saturated heterocycles. The molecule has 0 saturated carbocycles. The lowest BCUT2D eigenvalue weighted by molar-refractivity contribution is -0.137. The highest BCUT2D eigenvalue weighted by Crippen LogP contribution is 2.46. The Morgan fingerprint density at radius 2 is 1.76 bits per heavy atom. The number of halogens is 3. The van der Waals surface area contributed by atoms with Crippen molar-refractivity contribution in [3.63, 3.8) is 0 Å². The van der Waals surface area contributed by atoms with E-state index in [0.717, 1.165) is 17.9 Å². The van der Waals surface area contributed by atoms with Crippen LogP contribution >= 0.6 is 12.2 Å². The van der Waals surface area contributed by atoms with E-state index in [1.54, 1.807) is 54.9 Å². The molecule has 3 heterocycles. The van der Waals surface area contributed by atoms with Crippen LogP contribution in [0.25, 0.3) is 5.69 Å². The first-order valence-electron chi connectivity index (χ1n) is 12.8. The Morgan fingerprint density at radius 3 is 2.40 bits per heavy atom. The molecule has 13 heteroatoms. The summed E-state index contributed by atoms with van der Waals surface area (Å²) in [6, 6.07) is 16.7. The van der Waals surface area contributed by atoms with Gasteiger partial charge in [0.15, 0.2) is 5.11 Å². The Balaban J connectivity index is 1.71. The molecule has 2 aromatic heterocycles. The minimum atomic E-state index is -4.55. The minimum absolute atomic E-state index is 0.0183. The zero-order valence-electron chi connectivity index (χ0n) is 23.1. The number of nitrogens with zero attached hydrogens (tertiary/aromatic N) is 3. The topological polar surface area (TPSA) is 88.5 Å². The lowest BCUT2D eigenvalue weighted by Gasteiger charge is -2.29. The van der Waals surface area contributed by atoms with Crippen LogP contribution in [0.3, 0.4) is 0 Å². The molecule has 2 N–H and O–H groups in total. The van der Waals surface area contributed by atoms with E-state index in [1.165, 1.54) is 19.2 Å². The molecule has 1 aliphatic rings. The highest BCUT2D eigenvalue weighted by molar-refractivity contribution is 7.92. The fourth-order valence-electron chi connectivity index (χ4n) is 5.44. The van der Waals surface area contributed by atoms with Gasteiger partial charge in [-0.2, -0.15) is 13.2 Å². The first-order chi connectivity index (χ1) is 19.8. The lowest BCUT2D eigenvalue weighted by Crippen LogP contribution is -2.29. The highest BCUT2D eigenvalue weighted by atomic mass is 32.2. The smallest absolute Gasteiger partial charge is 0.418 e. The summed E-state index contributed by atoms with van der Waals surface area (Å²) in [6.07, 6.45) is -1.86. The van der Waals surface area contributed by atoms with E-state index in [-0.39, 0.29) is 11.4 Å². The molecule has 2 atom stereocenters. The number of alkyl halides is 3. The average molecular weight is 616 g/mol. The monoisotopic (exact) mass is 615 g/mol. The summed E-state index contributed by atoms with van der Waals surface area (Å²) in [4.78, 5) is 6.36. The van der Waals surface area contributed by atoms with Crippen molar-refractivity contribution in [2.24, 2.45) is 0 Å². The number of hydrogen-bond acceptors (Lipinski definition) is 5. The fourth-order valence-corrected chi connectivity index (χ4v) is 6.35. The second-order valence-corrected chi connectivity index (χ2v) is 12.1. The van der Waals surface area contributed by atoms with Crippen LogP contribution in [-0.2, 0) is 16.2 Å². The number of benzene rings is 2. The Morgan fingerprint density at radius 1 is 1.05 bits per heavy atom. The molecule has 0 spiro atoms. The van der Waals surface area contributed by atoms with Crippen molar-refractivity contribution in [2.75, 3.05) is 23.0 Å². The van der Waals surface area contributed by atoms with E-state index in [4.69, 9.17) is 17.0 Å². The second kappa shape index (κ2) is 11.0. The van der Waals surface area contributed by atoms with E-state index < -0.39 is 33.8 Å². The molecule has 0 radical (unpaired) electrons. The van der Waals surface area contributed by atoms with Crippen LogP contribution in [0, 0.1) is 13.8 Å². The molecule has 1 aliphatic heterocycles. The van der Waals surface area contributed by atoms with Crippen LogP contribution in [0.1, 0.15) is 40.3 Å². The van der Waals surface area contributed by atoms with Gasteiger partial charge < -0.3 is 19.5 Å². The van der Waals surface area contributed by atoms with Gasteiger partial charge in [-0.1, -0.05) is 18.2 Å². The van der Waals surface area contributed by atoms with Gasteiger partial charge in [0.05, 0.1) is 48.1 Å². The number of ether oxygens (including phenoxy) is 1. The molecule has 42 heavy (non-hydrogen) atoms. The summed E-state index contributed by atoms with van der Waals surface area (Å²) in [5.74, 6) is 0.307. The number of aromatic nitrogens is 2. The summed E-state index contributed by atoms with van der Waals surface area (Å²) in [5.41, 5.74) is 2.62. The SMILES string of the molecule is COc1ccc(N2C(=S)N[C@@H](c3ccccn3)[C@@H]2c2cc(C)n(-c3ccccc3C(F)(F)F)c2C)cc1NS(C)(=O)=O. The van der Waals surface area contributed by atoms with E-state index in [9.17, 15) is 21.6 Å². The van der Waals surface area contributed by atoms with Gasteiger partial charge in [0.2, 0.25) is 10.0 Å². The number of thiocarbonyl (C=S) groups is 1. The average Bonchev–Trinajstić information content (AvgIpc) is 3.42. The normalized spacial score (nSPS) is 17.3. The Hall–Kier alpha value is -4.10. The summed E-state index contributed by atoms with van der Waals surface area (Å²) >= 11 is 5.80. The van der Waals surface area contributed by atoms with Crippen molar-refractivity contribution in [3.8, 4) is 11.4 Å². The number of anilines is 2. The molecule has 0 bridgehead atoms. The molecule has 4 aromatic rings. The van der Waals surface area contributed by atoms with Crippen molar-refractivity contribution >= 4 is 38.7 Å². The fraction of sp³-hybridized carbons (Fsp3) is 0.241. The van der Waals surface area contributed by atoms with Crippen molar-refractivity contribution in [1.82, 2.24) is 14.9 Å². The number of hydrogen-bond donors (Lipinski definition) is 2. The molecule has 0 unspecified atom stereocenters. The van der Waals surface area contributed by atoms with E-state index in [1.807, 2.05) is 23.1 Å².